The molecule has 0 aromatic heterocycles. The maximum Gasteiger partial charge on any atom is 0.316 e. The molecule has 1 atom stereocenters. The van der Waals surface area contributed by atoms with Crippen molar-refractivity contribution < 1.29 is 23.8 Å². The van der Waals surface area contributed by atoms with Crippen molar-refractivity contribution in [2.24, 2.45) is 0 Å². The van der Waals surface area contributed by atoms with Gasteiger partial charge < -0.3 is 19.5 Å². The lowest BCUT2D eigenvalue weighted by molar-refractivity contribution is -0.139. The van der Waals surface area contributed by atoms with Crippen LogP contribution in [-0.2, 0) is 20.9 Å². The lowest BCUT2D eigenvalue weighted by atomic mass is 9.87. The number of benzene rings is 2. The van der Waals surface area contributed by atoms with Gasteiger partial charge in [-0.1, -0.05) is 48.2 Å². The van der Waals surface area contributed by atoms with Crippen LogP contribution in [0.4, 0.5) is 0 Å². The number of esters is 1. The summed E-state index contributed by atoms with van der Waals surface area (Å²) in [4.78, 5) is 24.1. The zero-order chi connectivity index (χ0) is 22.9. The first-order valence-corrected chi connectivity index (χ1v) is 11.1. The summed E-state index contributed by atoms with van der Waals surface area (Å²) < 4.78 is 16.3. The molecule has 1 N–H and O–H groups in total. The number of rotatable bonds is 9. The standard InChI is InChI=1S/C24H24N2O5S/c1-3-30-23(28)15-32-24-19(13-25)18(12-22(27)26-24)17-9-10-20(29-2)21(11-17)31-14-16-7-5-4-6-8-16/h4-11,18H,3,12,14-15H2,1-2H3,(H,26,27)/t18-/m0/s1. The van der Waals surface area contributed by atoms with Crippen LogP contribution in [0.3, 0.4) is 0 Å². The molecule has 0 unspecified atom stereocenters. The largest absolute Gasteiger partial charge is 0.493 e. The van der Waals surface area contributed by atoms with E-state index in [0.717, 1.165) is 22.9 Å². The number of carbonyl (C=O) groups is 2. The monoisotopic (exact) mass is 452 g/mol. The van der Waals surface area contributed by atoms with Gasteiger partial charge in [0.15, 0.2) is 11.5 Å². The molecule has 32 heavy (non-hydrogen) atoms. The van der Waals surface area contributed by atoms with Crippen molar-refractivity contribution >= 4 is 23.6 Å². The van der Waals surface area contributed by atoms with Crippen molar-refractivity contribution in [3.63, 3.8) is 0 Å². The van der Waals surface area contributed by atoms with Gasteiger partial charge in [-0.05, 0) is 30.2 Å². The van der Waals surface area contributed by atoms with E-state index in [1.54, 1.807) is 26.2 Å². The first-order valence-electron chi connectivity index (χ1n) is 10.1. The number of methoxy groups -OCH3 is 1. The Bertz CT molecular complexity index is 1050. The summed E-state index contributed by atoms with van der Waals surface area (Å²) in [5.74, 6) is 0.0170. The molecule has 8 heteroatoms. The average Bonchev–Trinajstić information content (AvgIpc) is 2.81. The van der Waals surface area contributed by atoms with E-state index in [2.05, 4.69) is 11.4 Å². The van der Waals surface area contributed by atoms with Crippen LogP contribution in [0, 0.1) is 11.3 Å². The van der Waals surface area contributed by atoms with Gasteiger partial charge in [-0.2, -0.15) is 5.26 Å². The van der Waals surface area contributed by atoms with Crippen LogP contribution < -0.4 is 14.8 Å². The van der Waals surface area contributed by atoms with E-state index in [1.165, 1.54) is 0 Å². The fourth-order valence-electron chi connectivity index (χ4n) is 3.31. The van der Waals surface area contributed by atoms with E-state index < -0.39 is 11.9 Å². The molecule has 0 saturated heterocycles. The summed E-state index contributed by atoms with van der Waals surface area (Å²) in [5.41, 5.74) is 2.17. The Balaban J connectivity index is 1.87. The molecule has 0 radical (unpaired) electrons. The van der Waals surface area contributed by atoms with Gasteiger partial charge >= 0.3 is 5.97 Å². The summed E-state index contributed by atoms with van der Waals surface area (Å²) in [7, 11) is 1.56. The third kappa shape index (κ3) is 5.83. The van der Waals surface area contributed by atoms with E-state index in [0.29, 0.717) is 28.7 Å². The van der Waals surface area contributed by atoms with Gasteiger partial charge in [0.2, 0.25) is 5.91 Å². The smallest absolute Gasteiger partial charge is 0.316 e. The predicted molar refractivity (Wildman–Crippen MR) is 121 cm³/mol. The Labute approximate surface area is 191 Å². The van der Waals surface area contributed by atoms with Crippen LogP contribution in [0.5, 0.6) is 11.5 Å². The SMILES string of the molecule is CCOC(=O)CSC1=C(C#N)[C@H](c2ccc(OC)c(OCc3ccccc3)c2)CC(=O)N1. The molecule has 1 heterocycles. The average molecular weight is 453 g/mol. The lowest BCUT2D eigenvalue weighted by Gasteiger charge is -2.25. The van der Waals surface area contributed by atoms with Crippen LogP contribution in [-0.4, -0.2) is 31.3 Å². The fraction of sp³-hybridized carbons (Fsp3) is 0.292. The number of nitrogens with zero attached hydrogens (tertiary/aromatic N) is 1. The molecule has 166 valence electrons. The number of allylic oxidation sites excluding steroid dienone is 1. The zero-order valence-corrected chi connectivity index (χ0v) is 18.7. The molecule has 7 nitrogen and oxygen atoms in total. The second-order valence-corrected chi connectivity index (χ2v) is 7.92. The number of ether oxygens (including phenoxy) is 3. The Hall–Kier alpha value is -3.44. The first-order chi connectivity index (χ1) is 15.5. The van der Waals surface area contributed by atoms with Crippen molar-refractivity contribution in [1.29, 1.82) is 5.26 Å². The van der Waals surface area contributed by atoms with E-state index in [-0.39, 0.29) is 24.7 Å². The molecule has 2 aromatic carbocycles. The number of hydrogen-bond acceptors (Lipinski definition) is 7. The number of hydrogen-bond donors (Lipinski definition) is 1. The number of carbonyl (C=O) groups excluding carboxylic acids is 2. The van der Waals surface area contributed by atoms with E-state index >= 15 is 0 Å². The zero-order valence-electron chi connectivity index (χ0n) is 17.9. The van der Waals surface area contributed by atoms with Gasteiger partial charge in [0, 0.05) is 12.3 Å². The quantitative estimate of drug-likeness (QED) is 0.576. The Morgan fingerprint density at radius 2 is 2.00 bits per heavy atom. The Kier molecular flexibility index (Phi) is 8.17. The van der Waals surface area contributed by atoms with Gasteiger partial charge in [0.1, 0.15) is 6.61 Å². The second kappa shape index (κ2) is 11.3. The van der Waals surface area contributed by atoms with Crippen LogP contribution in [0.25, 0.3) is 0 Å². The molecular formula is C24H24N2O5S. The van der Waals surface area contributed by atoms with Crippen LogP contribution in [0.2, 0.25) is 0 Å². The first kappa shape index (κ1) is 23.2. The van der Waals surface area contributed by atoms with Crippen LogP contribution in [0.1, 0.15) is 30.4 Å². The summed E-state index contributed by atoms with van der Waals surface area (Å²) >= 11 is 1.09. The molecule has 0 aliphatic carbocycles. The normalized spacial score (nSPS) is 15.5. The maximum absolute atomic E-state index is 12.4. The number of nitrogens with one attached hydrogen (secondary N) is 1. The molecular weight excluding hydrogens is 428 g/mol. The minimum absolute atomic E-state index is 0.00933. The molecule has 1 aliphatic rings. The van der Waals surface area contributed by atoms with E-state index in [4.69, 9.17) is 14.2 Å². The molecule has 3 rings (SSSR count). The fourth-order valence-corrected chi connectivity index (χ4v) is 4.18. The van der Waals surface area contributed by atoms with Gasteiger partial charge in [0.05, 0.1) is 36.1 Å². The highest BCUT2D eigenvalue weighted by molar-refractivity contribution is 8.03. The molecule has 0 saturated carbocycles. The highest BCUT2D eigenvalue weighted by Gasteiger charge is 2.30. The van der Waals surface area contributed by atoms with Crippen molar-refractivity contribution in [2.75, 3.05) is 19.5 Å². The molecule has 1 aliphatic heterocycles. The lowest BCUT2D eigenvalue weighted by Crippen LogP contribution is -2.31. The second-order valence-electron chi connectivity index (χ2n) is 6.94. The molecule has 0 bridgehead atoms. The number of nitriles is 1. The summed E-state index contributed by atoms with van der Waals surface area (Å²) in [6.07, 6.45) is 0.122. The van der Waals surface area contributed by atoms with Crippen molar-refractivity contribution in [1.82, 2.24) is 5.32 Å². The summed E-state index contributed by atoms with van der Waals surface area (Å²) in [5, 5.41) is 12.9. The van der Waals surface area contributed by atoms with Gasteiger partial charge in [-0.3, -0.25) is 9.59 Å². The minimum atomic E-state index is -0.455. The summed E-state index contributed by atoms with van der Waals surface area (Å²) in [6.45, 7) is 2.35. The molecule has 0 fully saturated rings. The van der Waals surface area contributed by atoms with Crippen molar-refractivity contribution in [3.8, 4) is 17.6 Å². The minimum Gasteiger partial charge on any atom is -0.493 e. The Morgan fingerprint density at radius 3 is 2.69 bits per heavy atom. The van der Waals surface area contributed by atoms with Crippen LogP contribution in [0.15, 0.2) is 59.1 Å². The van der Waals surface area contributed by atoms with Gasteiger partial charge in [0.25, 0.3) is 0 Å². The van der Waals surface area contributed by atoms with Gasteiger partial charge in [-0.15, -0.1) is 0 Å². The van der Waals surface area contributed by atoms with E-state index in [9.17, 15) is 14.9 Å². The molecule has 0 spiro atoms. The van der Waals surface area contributed by atoms with Gasteiger partial charge in [-0.25, -0.2) is 0 Å². The summed E-state index contributed by atoms with van der Waals surface area (Å²) in [6, 6.07) is 17.3. The van der Waals surface area contributed by atoms with Crippen molar-refractivity contribution in [2.45, 2.75) is 25.9 Å². The molecule has 1 amide bonds. The predicted octanol–water partition coefficient (Wildman–Crippen LogP) is 3.91. The molecule has 2 aromatic rings. The third-order valence-corrected chi connectivity index (χ3v) is 5.81. The van der Waals surface area contributed by atoms with Crippen LogP contribution >= 0.6 is 11.8 Å². The number of thioether (sulfide) groups is 1. The van der Waals surface area contributed by atoms with Crippen molar-refractivity contribution in [3.05, 3.63) is 70.3 Å². The number of amides is 1. The topological polar surface area (TPSA) is 97.7 Å². The third-order valence-electron chi connectivity index (χ3n) is 4.82. The Morgan fingerprint density at radius 1 is 1.22 bits per heavy atom. The highest BCUT2D eigenvalue weighted by Crippen LogP contribution is 2.39. The van der Waals surface area contributed by atoms with E-state index in [1.807, 2.05) is 36.4 Å². The maximum atomic E-state index is 12.4. The highest BCUT2D eigenvalue weighted by atomic mass is 32.2.